The maximum absolute atomic E-state index is 12.9. The van der Waals surface area contributed by atoms with Crippen LogP contribution in [0.1, 0.15) is 29.8 Å². The first-order chi connectivity index (χ1) is 13.9. The standard InChI is InChI=1S/C22H26N2O4S/c1-4-28-16-9-5-8-15(14-16)20(25)18-19(17-10-6-13-29-17)24(22(27)21(18)26)12-7-11-23(2)3/h5-6,8-10,13-14,19,25H,4,7,11-12H2,1-3H3/p+1/t19-/m0/s1. The van der Waals surface area contributed by atoms with Crippen molar-refractivity contribution in [2.75, 3.05) is 33.8 Å². The predicted octanol–water partition coefficient (Wildman–Crippen LogP) is 2.10. The molecule has 1 aromatic carbocycles. The van der Waals surface area contributed by atoms with Gasteiger partial charge >= 0.3 is 0 Å². The van der Waals surface area contributed by atoms with Gasteiger partial charge in [-0.1, -0.05) is 18.2 Å². The van der Waals surface area contributed by atoms with E-state index in [1.807, 2.05) is 24.4 Å². The van der Waals surface area contributed by atoms with E-state index < -0.39 is 17.7 Å². The van der Waals surface area contributed by atoms with Crippen LogP contribution < -0.4 is 9.64 Å². The van der Waals surface area contributed by atoms with Gasteiger partial charge in [0.15, 0.2) is 0 Å². The second-order valence-corrected chi connectivity index (χ2v) is 8.26. The van der Waals surface area contributed by atoms with E-state index in [1.54, 1.807) is 29.2 Å². The molecule has 1 fully saturated rings. The first-order valence-electron chi connectivity index (χ1n) is 9.78. The van der Waals surface area contributed by atoms with Gasteiger partial charge in [-0.25, -0.2) is 0 Å². The van der Waals surface area contributed by atoms with Crippen molar-refractivity contribution in [2.24, 2.45) is 0 Å². The second-order valence-electron chi connectivity index (χ2n) is 7.28. The van der Waals surface area contributed by atoms with E-state index >= 15 is 0 Å². The number of carbonyl (C=O) groups excluding carboxylic acids is 2. The Morgan fingerprint density at radius 3 is 2.69 bits per heavy atom. The highest BCUT2D eigenvalue weighted by Gasteiger charge is 2.46. The number of hydrogen-bond acceptors (Lipinski definition) is 5. The Labute approximate surface area is 175 Å². The number of amides is 1. The van der Waals surface area contributed by atoms with Crippen molar-refractivity contribution in [3.05, 3.63) is 57.8 Å². The van der Waals surface area contributed by atoms with Gasteiger partial charge in [0.2, 0.25) is 0 Å². The van der Waals surface area contributed by atoms with Crippen LogP contribution in [-0.4, -0.2) is 55.5 Å². The second kappa shape index (κ2) is 9.24. The first-order valence-corrected chi connectivity index (χ1v) is 10.7. The molecular weight excluding hydrogens is 388 g/mol. The van der Waals surface area contributed by atoms with E-state index in [-0.39, 0.29) is 11.3 Å². The van der Waals surface area contributed by atoms with Crippen molar-refractivity contribution in [3.63, 3.8) is 0 Å². The third-order valence-corrected chi connectivity index (χ3v) is 5.77. The van der Waals surface area contributed by atoms with Crippen LogP contribution in [0.15, 0.2) is 47.4 Å². The molecule has 0 bridgehead atoms. The maximum Gasteiger partial charge on any atom is 0.295 e. The summed E-state index contributed by atoms with van der Waals surface area (Å²) in [4.78, 5) is 29.4. The topological polar surface area (TPSA) is 71.3 Å². The smallest absolute Gasteiger partial charge is 0.295 e. The SMILES string of the molecule is CCOc1cccc(C(O)=C2C(=O)C(=O)N(CCC[NH+](C)C)[C@H]2c2cccs2)c1. The van der Waals surface area contributed by atoms with E-state index in [0.29, 0.717) is 24.5 Å². The molecule has 6 nitrogen and oxygen atoms in total. The fraction of sp³-hybridized carbons (Fsp3) is 0.364. The highest BCUT2D eigenvalue weighted by Crippen LogP contribution is 2.41. The number of thiophene rings is 1. The molecule has 2 N–H and O–H groups in total. The fourth-order valence-corrected chi connectivity index (χ4v) is 4.36. The average molecular weight is 416 g/mol. The summed E-state index contributed by atoms with van der Waals surface area (Å²) in [6.07, 6.45) is 0.775. The summed E-state index contributed by atoms with van der Waals surface area (Å²) in [7, 11) is 4.10. The van der Waals surface area contributed by atoms with Crippen LogP contribution in [0.5, 0.6) is 5.75 Å². The zero-order chi connectivity index (χ0) is 21.0. The molecule has 29 heavy (non-hydrogen) atoms. The third kappa shape index (κ3) is 4.52. The number of carbonyl (C=O) groups is 2. The highest BCUT2D eigenvalue weighted by atomic mass is 32.1. The lowest BCUT2D eigenvalue weighted by Gasteiger charge is -2.24. The number of nitrogens with one attached hydrogen (secondary N) is 1. The normalized spacial score (nSPS) is 18.6. The zero-order valence-electron chi connectivity index (χ0n) is 17.0. The number of Topliss-reactive ketones (excluding diaryl/α,β-unsaturated/α-hetero) is 1. The van der Waals surface area contributed by atoms with E-state index in [1.165, 1.54) is 16.2 Å². The lowest BCUT2D eigenvalue weighted by molar-refractivity contribution is -0.858. The maximum atomic E-state index is 12.9. The van der Waals surface area contributed by atoms with Gasteiger partial charge in [0.1, 0.15) is 11.5 Å². The number of nitrogens with zero attached hydrogens (tertiary/aromatic N) is 1. The molecule has 3 rings (SSSR count). The van der Waals surface area contributed by atoms with Crippen LogP contribution in [-0.2, 0) is 9.59 Å². The largest absolute Gasteiger partial charge is 0.507 e. The van der Waals surface area contributed by atoms with Gasteiger partial charge in [-0.3, -0.25) is 9.59 Å². The highest BCUT2D eigenvalue weighted by molar-refractivity contribution is 7.10. The number of quaternary nitrogens is 1. The minimum atomic E-state index is -0.639. The molecule has 0 saturated carbocycles. The Morgan fingerprint density at radius 1 is 1.24 bits per heavy atom. The van der Waals surface area contributed by atoms with E-state index in [9.17, 15) is 14.7 Å². The summed E-state index contributed by atoms with van der Waals surface area (Å²) in [5, 5.41) is 12.9. The van der Waals surface area contributed by atoms with Crippen LogP contribution in [0, 0.1) is 0 Å². The molecule has 1 aliphatic rings. The zero-order valence-corrected chi connectivity index (χ0v) is 17.8. The molecule has 2 aromatic rings. The van der Waals surface area contributed by atoms with Gasteiger partial charge in [0.25, 0.3) is 11.7 Å². The molecule has 154 valence electrons. The van der Waals surface area contributed by atoms with Gasteiger partial charge in [0.05, 0.1) is 38.9 Å². The molecule has 1 aromatic heterocycles. The minimum absolute atomic E-state index is 0.142. The van der Waals surface area contributed by atoms with Crippen molar-refractivity contribution < 1.29 is 24.3 Å². The quantitative estimate of drug-likeness (QED) is 0.394. The lowest BCUT2D eigenvalue weighted by Crippen LogP contribution is -3.05. The molecular formula is C22H27N2O4S+. The Hall–Kier alpha value is -2.64. The van der Waals surface area contributed by atoms with Gasteiger partial charge in [-0.15, -0.1) is 11.3 Å². The van der Waals surface area contributed by atoms with E-state index in [2.05, 4.69) is 14.1 Å². The molecule has 0 aliphatic carbocycles. The predicted molar refractivity (Wildman–Crippen MR) is 113 cm³/mol. The number of benzene rings is 1. The molecule has 0 radical (unpaired) electrons. The third-order valence-electron chi connectivity index (χ3n) is 4.85. The molecule has 7 heteroatoms. The first kappa shape index (κ1) is 21.1. The Kier molecular flexibility index (Phi) is 6.71. The molecule has 0 unspecified atom stereocenters. The van der Waals surface area contributed by atoms with Gasteiger partial charge in [-0.2, -0.15) is 0 Å². The molecule has 2 heterocycles. The summed E-state index contributed by atoms with van der Waals surface area (Å²) in [5.41, 5.74) is 0.608. The summed E-state index contributed by atoms with van der Waals surface area (Å²) in [6, 6.07) is 10.2. The summed E-state index contributed by atoms with van der Waals surface area (Å²) in [5.74, 6) is -0.754. The van der Waals surface area contributed by atoms with Gasteiger partial charge < -0.3 is 19.6 Å². The van der Waals surface area contributed by atoms with Crippen LogP contribution in [0.3, 0.4) is 0 Å². The molecule has 1 saturated heterocycles. The van der Waals surface area contributed by atoms with Crippen molar-refractivity contribution in [1.82, 2.24) is 4.90 Å². The summed E-state index contributed by atoms with van der Waals surface area (Å²) in [6.45, 7) is 3.73. The van der Waals surface area contributed by atoms with Crippen molar-refractivity contribution in [3.8, 4) is 5.75 Å². The molecule has 1 aliphatic heterocycles. The number of rotatable bonds is 8. The lowest BCUT2D eigenvalue weighted by atomic mass is 9.99. The van der Waals surface area contributed by atoms with Gasteiger partial charge in [0, 0.05) is 23.4 Å². The van der Waals surface area contributed by atoms with Crippen LogP contribution in [0.4, 0.5) is 0 Å². The number of ether oxygens (including phenoxy) is 1. The molecule has 1 amide bonds. The number of ketones is 1. The van der Waals surface area contributed by atoms with Crippen LogP contribution in [0.25, 0.3) is 5.76 Å². The van der Waals surface area contributed by atoms with E-state index in [4.69, 9.17) is 4.74 Å². The Balaban J connectivity index is 2.03. The van der Waals surface area contributed by atoms with Gasteiger partial charge in [-0.05, 0) is 30.5 Å². The van der Waals surface area contributed by atoms with Crippen LogP contribution in [0.2, 0.25) is 0 Å². The summed E-state index contributed by atoms with van der Waals surface area (Å²) < 4.78 is 5.51. The van der Waals surface area contributed by atoms with E-state index in [0.717, 1.165) is 17.8 Å². The fourth-order valence-electron chi connectivity index (χ4n) is 3.51. The molecule has 0 spiro atoms. The van der Waals surface area contributed by atoms with Crippen LogP contribution >= 0.6 is 11.3 Å². The van der Waals surface area contributed by atoms with Crippen molar-refractivity contribution in [1.29, 1.82) is 0 Å². The monoisotopic (exact) mass is 415 g/mol. The number of aliphatic hydroxyl groups is 1. The van der Waals surface area contributed by atoms with Crippen molar-refractivity contribution >= 4 is 28.8 Å². The minimum Gasteiger partial charge on any atom is -0.507 e. The average Bonchev–Trinajstić information content (AvgIpc) is 3.30. The number of hydrogen-bond donors (Lipinski definition) is 2. The number of aliphatic hydroxyl groups excluding tert-OH is 1. The number of likely N-dealkylation sites (tertiary alicyclic amines) is 1. The van der Waals surface area contributed by atoms with Crippen molar-refractivity contribution in [2.45, 2.75) is 19.4 Å². The summed E-state index contributed by atoms with van der Waals surface area (Å²) >= 11 is 1.47. The Bertz CT molecular complexity index is 905. The Morgan fingerprint density at radius 2 is 2.03 bits per heavy atom. The molecule has 1 atom stereocenters.